The van der Waals surface area contributed by atoms with E-state index in [2.05, 4.69) is 137 Å². The number of para-hydroxylation sites is 1. The van der Waals surface area contributed by atoms with Crippen molar-refractivity contribution in [2.45, 2.75) is 52.4 Å². The Hall–Kier alpha value is -4.50. The molecule has 0 fully saturated rings. The van der Waals surface area contributed by atoms with Gasteiger partial charge in [0.2, 0.25) is 0 Å². The molecule has 0 saturated carbocycles. The molecular formula is C38H35N3. The van der Waals surface area contributed by atoms with E-state index < -0.39 is 0 Å². The lowest BCUT2D eigenvalue weighted by molar-refractivity contribution is 0.571. The second-order valence-corrected chi connectivity index (χ2v) is 13.2. The fraction of sp³-hybridized carbons (Fsp3) is 0.211. The molecule has 202 valence electrons. The van der Waals surface area contributed by atoms with Gasteiger partial charge in [0.05, 0.1) is 22.1 Å². The van der Waals surface area contributed by atoms with E-state index in [1.165, 1.54) is 44.2 Å². The predicted octanol–water partition coefficient (Wildman–Crippen LogP) is 10.1. The Bertz CT molecular complexity index is 2120. The summed E-state index contributed by atoms with van der Waals surface area (Å²) in [5.74, 6) is 0. The number of benzene rings is 4. The molecule has 0 aliphatic carbocycles. The monoisotopic (exact) mass is 533 g/mol. The molecule has 0 spiro atoms. The van der Waals surface area contributed by atoms with Crippen molar-refractivity contribution in [3.8, 4) is 16.8 Å². The highest BCUT2D eigenvalue weighted by Crippen LogP contribution is 2.39. The SMILES string of the molecule is CC(C)(C)c1cccc(-n2c3ccccc3c3cc(-c4cc5ccc(C(C)(C)C)nc5c5ncccc45)ccc32)c1. The first-order valence-corrected chi connectivity index (χ1v) is 14.4. The van der Waals surface area contributed by atoms with E-state index in [4.69, 9.17) is 9.97 Å². The average Bonchev–Trinajstić information content (AvgIpc) is 3.29. The van der Waals surface area contributed by atoms with Crippen LogP contribution in [-0.2, 0) is 10.8 Å². The van der Waals surface area contributed by atoms with Gasteiger partial charge in [0.15, 0.2) is 0 Å². The molecule has 7 rings (SSSR count). The van der Waals surface area contributed by atoms with E-state index >= 15 is 0 Å². The van der Waals surface area contributed by atoms with Crippen molar-refractivity contribution >= 4 is 43.6 Å². The predicted molar refractivity (Wildman–Crippen MR) is 174 cm³/mol. The number of hydrogen-bond acceptors (Lipinski definition) is 2. The van der Waals surface area contributed by atoms with Gasteiger partial charge in [-0.3, -0.25) is 4.98 Å². The van der Waals surface area contributed by atoms with Gasteiger partial charge in [-0.1, -0.05) is 90.1 Å². The molecule has 0 bridgehead atoms. The minimum Gasteiger partial charge on any atom is -0.309 e. The van der Waals surface area contributed by atoms with Crippen LogP contribution < -0.4 is 0 Å². The Morgan fingerprint density at radius 1 is 0.585 bits per heavy atom. The van der Waals surface area contributed by atoms with Crippen molar-refractivity contribution in [3.05, 3.63) is 115 Å². The summed E-state index contributed by atoms with van der Waals surface area (Å²) in [6.07, 6.45) is 1.87. The van der Waals surface area contributed by atoms with Crippen LogP contribution in [0.15, 0.2) is 103 Å². The maximum absolute atomic E-state index is 5.10. The maximum Gasteiger partial charge on any atom is 0.0970 e. The van der Waals surface area contributed by atoms with Crippen LogP contribution in [0.2, 0.25) is 0 Å². The first-order chi connectivity index (χ1) is 19.6. The van der Waals surface area contributed by atoms with Crippen LogP contribution in [-0.4, -0.2) is 14.5 Å². The molecule has 0 atom stereocenters. The summed E-state index contributed by atoms with van der Waals surface area (Å²) in [6.45, 7) is 13.4. The lowest BCUT2D eigenvalue weighted by Gasteiger charge is -2.20. The van der Waals surface area contributed by atoms with Crippen LogP contribution in [0.1, 0.15) is 52.8 Å². The fourth-order valence-electron chi connectivity index (χ4n) is 6.01. The van der Waals surface area contributed by atoms with Crippen LogP contribution >= 0.6 is 0 Å². The van der Waals surface area contributed by atoms with Gasteiger partial charge in [-0.2, -0.15) is 0 Å². The largest absolute Gasteiger partial charge is 0.309 e. The molecule has 4 aromatic carbocycles. The first kappa shape index (κ1) is 25.5. The van der Waals surface area contributed by atoms with Crippen molar-refractivity contribution in [1.82, 2.24) is 14.5 Å². The summed E-state index contributed by atoms with van der Waals surface area (Å²) in [5, 5.41) is 4.74. The molecule has 3 heterocycles. The Morgan fingerprint density at radius 3 is 2.17 bits per heavy atom. The van der Waals surface area contributed by atoms with Gasteiger partial charge in [-0.05, 0) is 70.6 Å². The second-order valence-electron chi connectivity index (χ2n) is 13.2. The lowest BCUT2D eigenvalue weighted by atomic mass is 9.87. The molecule has 0 aliphatic heterocycles. The topological polar surface area (TPSA) is 30.7 Å². The van der Waals surface area contributed by atoms with Gasteiger partial charge in [0, 0.05) is 44.5 Å². The zero-order valence-corrected chi connectivity index (χ0v) is 24.7. The quantitative estimate of drug-likeness (QED) is 0.207. The van der Waals surface area contributed by atoms with Crippen molar-refractivity contribution in [3.63, 3.8) is 0 Å². The first-order valence-electron chi connectivity index (χ1n) is 14.4. The lowest BCUT2D eigenvalue weighted by Crippen LogP contribution is -2.13. The molecular weight excluding hydrogens is 498 g/mol. The van der Waals surface area contributed by atoms with Gasteiger partial charge >= 0.3 is 0 Å². The third kappa shape index (κ3) is 4.19. The van der Waals surface area contributed by atoms with E-state index in [0.717, 1.165) is 27.5 Å². The maximum atomic E-state index is 5.10. The van der Waals surface area contributed by atoms with Gasteiger partial charge < -0.3 is 4.57 Å². The smallest absolute Gasteiger partial charge is 0.0970 e. The van der Waals surface area contributed by atoms with Gasteiger partial charge in [-0.25, -0.2) is 4.98 Å². The number of pyridine rings is 2. The summed E-state index contributed by atoms with van der Waals surface area (Å²) >= 11 is 0. The molecule has 3 aromatic heterocycles. The molecule has 7 aromatic rings. The van der Waals surface area contributed by atoms with Gasteiger partial charge in [-0.15, -0.1) is 0 Å². The van der Waals surface area contributed by atoms with Gasteiger partial charge in [0.1, 0.15) is 0 Å². The third-order valence-electron chi connectivity index (χ3n) is 8.27. The van der Waals surface area contributed by atoms with E-state index in [-0.39, 0.29) is 10.8 Å². The fourth-order valence-corrected chi connectivity index (χ4v) is 6.01. The van der Waals surface area contributed by atoms with Crippen LogP contribution in [0.4, 0.5) is 0 Å². The molecule has 3 nitrogen and oxygen atoms in total. The molecule has 0 N–H and O–H groups in total. The number of aromatic nitrogens is 3. The van der Waals surface area contributed by atoms with E-state index in [1.54, 1.807) is 0 Å². The van der Waals surface area contributed by atoms with Crippen LogP contribution in [0.3, 0.4) is 0 Å². The van der Waals surface area contributed by atoms with Gasteiger partial charge in [0.25, 0.3) is 0 Å². The minimum absolute atomic E-state index is 0.0282. The summed E-state index contributed by atoms with van der Waals surface area (Å²) in [7, 11) is 0. The number of hydrogen-bond donors (Lipinski definition) is 0. The van der Waals surface area contributed by atoms with Crippen LogP contribution in [0.5, 0.6) is 0 Å². The van der Waals surface area contributed by atoms with E-state index in [9.17, 15) is 0 Å². The van der Waals surface area contributed by atoms with Crippen molar-refractivity contribution < 1.29 is 0 Å². The number of rotatable bonds is 2. The number of nitrogens with zero attached hydrogens (tertiary/aromatic N) is 3. The van der Waals surface area contributed by atoms with Crippen LogP contribution in [0.25, 0.3) is 60.4 Å². The minimum atomic E-state index is -0.0282. The highest BCUT2D eigenvalue weighted by atomic mass is 15.0. The molecule has 0 radical (unpaired) electrons. The average molecular weight is 534 g/mol. The second kappa shape index (κ2) is 9.01. The molecule has 3 heteroatoms. The Balaban J connectivity index is 1.48. The third-order valence-corrected chi connectivity index (χ3v) is 8.27. The summed E-state index contributed by atoms with van der Waals surface area (Å²) < 4.78 is 2.40. The molecule has 41 heavy (non-hydrogen) atoms. The summed E-state index contributed by atoms with van der Waals surface area (Å²) in [4.78, 5) is 9.93. The van der Waals surface area contributed by atoms with Crippen molar-refractivity contribution in [2.24, 2.45) is 0 Å². The van der Waals surface area contributed by atoms with Crippen LogP contribution in [0, 0.1) is 0 Å². The zero-order valence-electron chi connectivity index (χ0n) is 24.7. The molecule has 0 unspecified atom stereocenters. The summed E-state index contributed by atoms with van der Waals surface area (Å²) in [6, 6.07) is 35.4. The van der Waals surface area contributed by atoms with Crippen molar-refractivity contribution in [1.29, 1.82) is 0 Å². The standard InChI is InChI=1S/C38H35N3/c1-37(2,3)26-11-9-12-27(23-26)41-32-15-8-7-13-28(32)31-21-24(16-18-33(31)41)30-22-25-17-19-34(38(4,5)6)40-35(25)36-29(30)14-10-20-39-36/h7-23H,1-6H3. The molecule has 0 aliphatic rings. The Labute approximate surface area is 241 Å². The highest BCUT2D eigenvalue weighted by Gasteiger charge is 2.20. The Kier molecular flexibility index (Phi) is 5.59. The molecule has 0 amide bonds. The normalized spacial score (nSPS) is 12.6. The van der Waals surface area contributed by atoms with Crippen molar-refractivity contribution in [2.75, 3.05) is 0 Å². The number of fused-ring (bicyclic) bond motifs is 6. The highest BCUT2D eigenvalue weighted by molar-refractivity contribution is 6.14. The zero-order chi connectivity index (χ0) is 28.5. The molecule has 0 saturated heterocycles. The Morgan fingerprint density at radius 2 is 1.37 bits per heavy atom. The summed E-state index contributed by atoms with van der Waals surface area (Å²) in [5.41, 5.74) is 10.4. The van der Waals surface area contributed by atoms with E-state index in [0.29, 0.717) is 0 Å². The van der Waals surface area contributed by atoms with E-state index in [1.807, 2.05) is 12.3 Å².